The Morgan fingerprint density at radius 1 is 1.40 bits per heavy atom. The van der Waals surface area contributed by atoms with Gasteiger partial charge < -0.3 is 19.5 Å². The predicted octanol–water partition coefficient (Wildman–Crippen LogP) is 0.662. The van der Waals surface area contributed by atoms with E-state index in [1.807, 2.05) is 0 Å². The summed E-state index contributed by atoms with van der Waals surface area (Å²) in [5, 5.41) is 3.46. The highest BCUT2D eigenvalue weighted by Gasteiger charge is 2.18. The molecule has 1 rings (SSSR count). The zero-order valence-electron chi connectivity index (χ0n) is 9.99. The molecule has 2 unspecified atom stereocenters. The molecule has 0 aliphatic carbocycles. The fourth-order valence-corrected chi connectivity index (χ4v) is 1.60. The molecule has 1 fully saturated rings. The average Bonchev–Trinajstić information content (AvgIpc) is 2.25. The Bertz CT molecular complexity index is 158. The molecular weight excluding hydrogens is 194 g/mol. The van der Waals surface area contributed by atoms with Crippen molar-refractivity contribution in [1.82, 2.24) is 5.32 Å². The molecule has 1 N–H and O–H groups in total. The fourth-order valence-electron chi connectivity index (χ4n) is 1.60. The van der Waals surface area contributed by atoms with Gasteiger partial charge in [-0.1, -0.05) is 13.8 Å². The van der Waals surface area contributed by atoms with Crippen molar-refractivity contribution in [3.05, 3.63) is 0 Å². The van der Waals surface area contributed by atoms with Crippen LogP contribution in [0.5, 0.6) is 0 Å². The highest BCUT2D eigenvalue weighted by atomic mass is 16.6. The zero-order chi connectivity index (χ0) is 11.1. The summed E-state index contributed by atoms with van der Waals surface area (Å²) < 4.78 is 16.1. The minimum absolute atomic E-state index is 0.192. The lowest BCUT2D eigenvalue weighted by Gasteiger charge is -2.27. The van der Waals surface area contributed by atoms with Crippen molar-refractivity contribution >= 4 is 0 Å². The number of rotatable bonds is 6. The summed E-state index contributed by atoms with van der Waals surface area (Å²) in [5.41, 5.74) is 0. The molecular formula is C11H23NO3. The van der Waals surface area contributed by atoms with Crippen LogP contribution >= 0.6 is 0 Å². The molecule has 0 aromatic rings. The predicted molar refractivity (Wildman–Crippen MR) is 59.1 cm³/mol. The van der Waals surface area contributed by atoms with Crippen molar-refractivity contribution in [2.45, 2.75) is 26.0 Å². The first-order valence-electron chi connectivity index (χ1n) is 5.65. The molecule has 0 saturated carbocycles. The van der Waals surface area contributed by atoms with E-state index >= 15 is 0 Å². The monoisotopic (exact) mass is 217 g/mol. The molecule has 2 atom stereocenters. The SMILES string of the molecule is COCC(NCC1COCCO1)C(C)C. The van der Waals surface area contributed by atoms with Gasteiger partial charge >= 0.3 is 0 Å². The number of hydrogen-bond donors (Lipinski definition) is 1. The fraction of sp³-hybridized carbons (Fsp3) is 1.00. The molecule has 0 bridgehead atoms. The third kappa shape index (κ3) is 4.93. The van der Waals surface area contributed by atoms with Gasteiger partial charge in [0.1, 0.15) is 0 Å². The second-order valence-electron chi connectivity index (χ2n) is 4.28. The van der Waals surface area contributed by atoms with Crippen LogP contribution in [0.3, 0.4) is 0 Å². The van der Waals surface area contributed by atoms with Crippen LogP contribution in [0.25, 0.3) is 0 Å². The van der Waals surface area contributed by atoms with Crippen LogP contribution in [0.1, 0.15) is 13.8 Å². The van der Waals surface area contributed by atoms with E-state index in [2.05, 4.69) is 19.2 Å². The highest BCUT2D eigenvalue weighted by molar-refractivity contribution is 4.73. The van der Waals surface area contributed by atoms with Crippen molar-refractivity contribution in [3.8, 4) is 0 Å². The molecule has 0 radical (unpaired) electrons. The molecule has 1 aliphatic heterocycles. The van der Waals surface area contributed by atoms with Crippen molar-refractivity contribution in [3.63, 3.8) is 0 Å². The maximum absolute atomic E-state index is 5.56. The van der Waals surface area contributed by atoms with Crippen LogP contribution < -0.4 is 5.32 Å². The molecule has 1 saturated heterocycles. The summed E-state index contributed by atoms with van der Waals surface area (Å²) in [6.07, 6.45) is 0.192. The van der Waals surface area contributed by atoms with Crippen LogP contribution in [0.4, 0.5) is 0 Å². The molecule has 0 spiro atoms. The lowest BCUT2D eigenvalue weighted by atomic mass is 10.1. The number of nitrogens with one attached hydrogen (secondary N) is 1. The second-order valence-corrected chi connectivity index (χ2v) is 4.28. The molecule has 1 aliphatic rings. The largest absolute Gasteiger partial charge is 0.383 e. The minimum Gasteiger partial charge on any atom is -0.383 e. The van der Waals surface area contributed by atoms with Gasteiger partial charge in [0.2, 0.25) is 0 Å². The van der Waals surface area contributed by atoms with E-state index in [0.29, 0.717) is 25.2 Å². The average molecular weight is 217 g/mol. The lowest BCUT2D eigenvalue weighted by Crippen LogP contribution is -2.45. The summed E-state index contributed by atoms with van der Waals surface area (Å²) in [7, 11) is 1.73. The summed E-state index contributed by atoms with van der Waals surface area (Å²) in [6, 6.07) is 0.389. The van der Waals surface area contributed by atoms with Crippen LogP contribution in [0.15, 0.2) is 0 Å². The number of methoxy groups -OCH3 is 1. The Kier molecular flexibility index (Phi) is 6.17. The van der Waals surface area contributed by atoms with Crippen molar-refractivity contribution in [2.75, 3.05) is 40.1 Å². The quantitative estimate of drug-likeness (QED) is 0.709. The van der Waals surface area contributed by atoms with Gasteiger partial charge in [-0.05, 0) is 5.92 Å². The number of hydrogen-bond acceptors (Lipinski definition) is 4. The Morgan fingerprint density at radius 3 is 2.73 bits per heavy atom. The first-order valence-corrected chi connectivity index (χ1v) is 5.65. The summed E-state index contributed by atoms with van der Waals surface area (Å²) in [5.74, 6) is 0.564. The molecule has 0 aromatic carbocycles. The first-order chi connectivity index (χ1) is 7.24. The first kappa shape index (κ1) is 12.9. The van der Waals surface area contributed by atoms with E-state index in [0.717, 1.165) is 19.8 Å². The molecule has 0 amide bonds. The van der Waals surface area contributed by atoms with E-state index in [4.69, 9.17) is 14.2 Å². The molecule has 1 heterocycles. The van der Waals surface area contributed by atoms with Gasteiger partial charge in [-0.3, -0.25) is 0 Å². The maximum Gasteiger partial charge on any atom is 0.0933 e. The van der Waals surface area contributed by atoms with Gasteiger partial charge in [-0.25, -0.2) is 0 Å². The smallest absolute Gasteiger partial charge is 0.0933 e. The normalized spacial score (nSPS) is 24.4. The van der Waals surface area contributed by atoms with E-state index in [1.165, 1.54) is 0 Å². The summed E-state index contributed by atoms with van der Waals surface area (Å²) in [4.78, 5) is 0. The van der Waals surface area contributed by atoms with E-state index < -0.39 is 0 Å². The van der Waals surface area contributed by atoms with Crippen LogP contribution in [-0.2, 0) is 14.2 Å². The Labute approximate surface area is 92.3 Å². The molecule has 90 valence electrons. The van der Waals surface area contributed by atoms with Crippen molar-refractivity contribution in [2.24, 2.45) is 5.92 Å². The molecule has 4 heteroatoms. The molecule has 15 heavy (non-hydrogen) atoms. The van der Waals surface area contributed by atoms with Crippen LogP contribution in [0, 0.1) is 5.92 Å². The zero-order valence-corrected chi connectivity index (χ0v) is 9.99. The van der Waals surface area contributed by atoms with Crippen molar-refractivity contribution < 1.29 is 14.2 Å². The van der Waals surface area contributed by atoms with Gasteiger partial charge in [-0.2, -0.15) is 0 Å². The Hall–Kier alpha value is -0.160. The molecule has 0 aromatic heterocycles. The highest BCUT2D eigenvalue weighted by Crippen LogP contribution is 2.04. The molecule has 4 nitrogen and oxygen atoms in total. The maximum atomic E-state index is 5.56. The van der Waals surface area contributed by atoms with Crippen LogP contribution in [-0.4, -0.2) is 52.2 Å². The Morgan fingerprint density at radius 2 is 2.20 bits per heavy atom. The van der Waals surface area contributed by atoms with Gasteiger partial charge in [0.15, 0.2) is 0 Å². The van der Waals surface area contributed by atoms with Gasteiger partial charge in [0.05, 0.1) is 32.5 Å². The summed E-state index contributed by atoms with van der Waals surface area (Å²) in [6.45, 7) is 8.09. The van der Waals surface area contributed by atoms with E-state index in [1.54, 1.807) is 7.11 Å². The van der Waals surface area contributed by atoms with Crippen molar-refractivity contribution in [1.29, 1.82) is 0 Å². The minimum atomic E-state index is 0.192. The van der Waals surface area contributed by atoms with Gasteiger partial charge in [0, 0.05) is 19.7 Å². The van der Waals surface area contributed by atoms with Crippen LogP contribution in [0.2, 0.25) is 0 Å². The second kappa shape index (κ2) is 7.17. The van der Waals surface area contributed by atoms with E-state index in [9.17, 15) is 0 Å². The lowest BCUT2D eigenvalue weighted by molar-refractivity contribution is -0.0879. The van der Waals surface area contributed by atoms with E-state index in [-0.39, 0.29) is 6.10 Å². The third-order valence-corrected chi connectivity index (χ3v) is 2.64. The standard InChI is InChI=1S/C11H23NO3/c1-9(2)11(8-13-3)12-6-10-7-14-4-5-15-10/h9-12H,4-8H2,1-3H3. The number of ether oxygens (including phenoxy) is 3. The topological polar surface area (TPSA) is 39.7 Å². The van der Waals surface area contributed by atoms with Gasteiger partial charge in [-0.15, -0.1) is 0 Å². The van der Waals surface area contributed by atoms with Gasteiger partial charge in [0.25, 0.3) is 0 Å². The Balaban J connectivity index is 2.19. The summed E-state index contributed by atoms with van der Waals surface area (Å²) >= 11 is 0. The third-order valence-electron chi connectivity index (χ3n) is 2.64.